The zero-order valence-electron chi connectivity index (χ0n) is 8.35. The van der Waals surface area contributed by atoms with E-state index >= 15 is 0 Å². The van der Waals surface area contributed by atoms with E-state index in [0.717, 1.165) is 0 Å². The normalized spacial score (nSPS) is 10.4. The number of benzene rings is 2. The van der Waals surface area contributed by atoms with Crippen molar-refractivity contribution in [3.05, 3.63) is 29.8 Å². The van der Waals surface area contributed by atoms with Gasteiger partial charge in [-0.2, -0.15) is 0 Å². The summed E-state index contributed by atoms with van der Waals surface area (Å²) in [5.41, 5.74) is -0.322. The molecule has 6 heteroatoms. The lowest BCUT2D eigenvalue weighted by atomic mass is 10.0. The quantitative estimate of drug-likeness (QED) is 0.728. The molecule has 2 rings (SSSR count). The van der Waals surface area contributed by atoms with E-state index in [0.29, 0.717) is 10.8 Å². The van der Waals surface area contributed by atoms with Crippen LogP contribution in [0.2, 0.25) is 0 Å². The number of fused-ring (bicyclic) bond motifs is 1. The maximum Gasteiger partial charge on any atom is 0.343 e. The van der Waals surface area contributed by atoms with Crippen molar-refractivity contribution >= 4 is 39.7 Å². The van der Waals surface area contributed by atoms with E-state index in [1.54, 1.807) is 12.1 Å². The first-order chi connectivity index (χ1) is 8.06. The molecule has 0 aliphatic rings. The Balaban J connectivity index is 2.95. The Hall–Kier alpha value is -1.70. The molecule has 0 unspecified atom stereocenters. The molecule has 0 bridgehead atoms. The fourth-order valence-electron chi connectivity index (χ4n) is 1.65. The van der Waals surface area contributed by atoms with Crippen molar-refractivity contribution in [1.82, 2.24) is 0 Å². The van der Waals surface area contributed by atoms with Crippen molar-refractivity contribution < 1.29 is 23.2 Å². The summed E-state index contributed by atoms with van der Waals surface area (Å²) in [4.78, 5) is 11.0. The Kier molecular flexibility index (Phi) is 2.97. The van der Waals surface area contributed by atoms with Gasteiger partial charge >= 0.3 is 5.97 Å². The second-order valence-corrected chi connectivity index (χ2v) is 3.79. The van der Waals surface area contributed by atoms with Gasteiger partial charge in [-0.05, 0) is 12.1 Å². The Morgan fingerprint density at radius 2 is 1.88 bits per heavy atom. The SMILES string of the molecule is O=C(O)c1c(O)cc2c(O)cccc2c1OI. The number of rotatable bonds is 2. The lowest BCUT2D eigenvalue weighted by Gasteiger charge is -2.10. The Morgan fingerprint density at radius 3 is 2.47 bits per heavy atom. The zero-order chi connectivity index (χ0) is 12.6. The molecule has 0 heterocycles. The van der Waals surface area contributed by atoms with Crippen LogP contribution in [0.15, 0.2) is 24.3 Å². The number of carboxylic acid groups (broad SMARTS) is 1. The lowest BCUT2D eigenvalue weighted by Crippen LogP contribution is -2.00. The molecule has 0 spiro atoms. The van der Waals surface area contributed by atoms with Crippen LogP contribution in [0.1, 0.15) is 10.4 Å². The molecule has 0 atom stereocenters. The summed E-state index contributed by atoms with van der Waals surface area (Å²) < 4.78 is 4.97. The molecule has 0 fully saturated rings. The van der Waals surface area contributed by atoms with Crippen LogP contribution in [0, 0.1) is 0 Å². The van der Waals surface area contributed by atoms with E-state index in [1.165, 1.54) is 35.1 Å². The number of phenolic OH excluding ortho intramolecular Hbond substituents is 1. The number of phenols is 2. The van der Waals surface area contributed by atoms with E-state index in [1.807, 2.05) is 0 Å². The van der Waals surface area contributed by atoms with Crippen LogP contribution in [-0.2, 0) is 0 Å². The smallest absolute Gasteiger partial charge is 0.343 e. The number of carboxylic acids is 1. The zero-order valence-corrected chi connectivity index (χ0v) is 10.5. The summed E-state index contributed by atoms with van der Waals surface area (Å²) in [6.45, 7) is 0. The summed E-state index contributed by atoms with van der Waals surface area (Å²) in [6, 6.07) is 5.82. The third-order valence-electron chi connectivity index (χ3n) is 2.38. The number of aromatic carboxylic acids is 1. The van der Waals surface area contributed by atoms with Crippen molar-refractivity contribution in [2.45, 2.75) is 0 Å². The number of halogens is 1. The maximum atomic E-state index is 11.0. The van der Waals surface area contributed by atoms with Crippen molar-refractivity contribution in [3.8, 4) is 17.2 Å². The summed E-state index contributed by atoms with van der Waals surface area (Å²) in [7, 11) is 0. The molecule has 88 valence electrons. The van der Waals surface area contributed by atoms with Gasteiger partial charge in [-0.15, -0.1) is 0 Å². The molecule has 0 saturated heterocycles. The molecule has 2 aromatic rings. The fraction of sp³-hybridized carbons (Fsp3) is 0. The number of carbonyl (C=O) groups is 1. The minimum atomic E-state index is -1.29. The molecule has 0 aliphatic carbocycles. The van der Waals surface area contributed by atoms with Gasteiger partial charge in [0, 0.05) is 10.8 Å². The number of aromatic hydroxyl groups is 2. The summed E-state index contributed by atoms with van der Waals surface area (Å²) in [5, 5.41) is 29.0. The molecule has 0 aliphatic heterocycles. The van der Waals surface area contributed by atoms with Gasteiger partial charge in [-0.3, -0.25) is 0 Å². The highest BCUT2D eigenvalue weighted by atomic mass is 127. The first-order valence-corrected chi connectivity index (χ1v) is 5.44. The lowest BCUT2D eigenvalue weighted by molar-refractivity contribution is 0.0692. The van der Waals surface area contributed by atoms with Crippen molar-refractivity contribution in [1.29, 1.82) is 0 Å². The van der Waals surface area contributed by atoms with Crippen LogP contribution in [0.25, 0.3) is 10.8 Å². The molecular formula is C11H7IO5. The molecule has 0 amide bonds. The van der Waals surface area contributed by atoms with Gasteiger partial charge in [0.05, 0.1) is 0 Å². The largest absolute Gasteiger partial charge is 0.507 e. The summed E-state index contributed by atoms with van der Waals surface area (Å²) in [5.74, 6) is -1.77. The predicted octanol–water partition coefficient (Wildman–Crippen LogP) is 2.68. The van der Waals surface area contributed by atoms with Gasteiger partial charge < -0.3 is 18.4 Å². The van der Waals surface area contributed by atoms with E-state index in [4.69, 9.17) is 8.17 Å². The van der Waals surface area contributed by atoms with Gasteiger partial charge in [0.1, 0.15) is 17.1 Å². The molecule has 0 aromatic heterocycles. The average Bonchev–Trinajstić information content (AvgIpc) is 2.28. The van der Waals surface area contributed by atoms with Crippen LogP contribution in [0.4, 0.5) is 0 Å². The van der Waals surface area contributed by atoms with Crippen LogP contribution in [0.5, 0.6) is 17.2 Å². The first-order valence-electron chi connectivity index (χ1n) is 4.55. The van der Waals surface area contributed by atoms with E-state index < -0.39 is 11.7 Å². The Morgan fingerprint density at radius 1 is 1.18 bits per heavy atom. The first kappa shape index (κ1) is 11.8. The third-order valence-corrected chi connectivity index (χ3v) is 2.82. The molecule has 3 N–H and O–H groups in total. The van der Waals surface area contributed by atoms with Gasteiger partial charge in [0.2, 0.25) is 0 Å². The van der Waals surface area contributed by atoms with Gasteiger partial charge in [0.25, 0.3) is 0 Å². The van der Waals surface area contributed by atoms with Crippen molar-refractivity contribution in [2.24, 2.45) is 0 Å². The minimum Gasteiger partial charge on any atom is -0.507 e. The fourth-order valence-corrected chi connectivity index (χ4v) is 2.11. The Bertz CT molecular complexity index is 608. The van der Waals surface area contributed by atoms with Crippen molar-refractivity contribution in [2.75, 3.05) is 0 Å². The average molecular weight is 346 g/mol. The second kappa shape index (κ2) is 4.28. The highest BCUT2D eigenvalue weighted by Crippen LogP contribution is 2.40. The second-order valence-electron chi connectivity index (χ2n) is 3.35. The number of hydrogen-bond acceptors (Lipinski definition) is 4. The molecular weight excluding hydrogens is 339 g/mol. The minimum absolute atomic E-state index is 0.0176. The van der Waals surface area contributed by atoms with Crippen LogP contribution in [0.3, 0.4) is 0 Å². The van der Waals surface area contributed by atoms with Crippen LogP contribution >= 0.6 is 23.0 Å². The topological polar surface area (TPSA) is 87.0 Å². The van der Waals surface area contributed by atoms with Gasteiger partial charge in [-0.25, -0.2) is 4.79 Å². The van der Waals surface area contributed by atoms with E-state index in [9.17, 15) is 15.0 Å². The highest BCUT2D eigenvalue weighted by molar-refractivity contribution is 14.1. The molecule has 0 radical (unpaired) electrons. The predicted molar refractivity (Wildman–Crippen MR) is 68.9 cm³/mol. The summed E-state index contributed by atoms with van der Waals surface area (Å²) in [6.07, 6.45) is 0. The third kappa shape index (κ3) is 1.84. The molecule has 5 nitrogen and oxygen atoms in total. The van der Waals surface area contributed by atoms with Crippen LogP contribution < -0.4 is 3.07 Å². The standard InChI is InChI=1S/C11H7IO5/c12-17-10-5-2-1-3-7(13)6(5)4-8(14)9(10)11(15)16/h1-4,13-14H,(H,15,16). The van der Waals surface area contributed by atoms with Gasteiger partial charge in [-0.1, -0.05) is 12.1 Å². The monoisotopic (exact) mass is 346 g/mol. The van der Waals surface area contributed by atoms with E-state index in [2.05, 4.69) is 0 Å². The van der Waals surface area contributed by atoms with Crippen LogP contribution in [-0.4, -0.2) is 21.3 Å². The molecule has 17 heavy (non-hydrogen) atoms. The summed E-state index contributed by atoms with van der Waals surface area (Å²) >= 11 is 1.53. The number of hydrogen-bond donors (Lipinski definition) is 3. The van der Waals surface area contributed by atoms with E-state index in [-0.39, 0.29) is 17.1 Å². The van der Waals surface area contributed by atoms with Gasteiger partial charge in [0.15, 0.2) is 28.8 Å². The maximum absolute atomic E-state index is 11.0. The molecule has 0 saturated carbocycles. The van der Waals surface area contributed by atoms with Crippen molar-refractivity contribution in [3.63, 3.8) is 0 Å². The Labute approximate surface area is 110 Å². The highest BCUT2D eigenvalue weighted by Gasteiger charge is 2.21. The molecule has 2 aromatic carbocycles.